The molecule has 2 aromatic carbocycles. The second-order valence-electron chi connectivity index (χ2n) is 7.46. The van der Waals surface area contributed by atoms with Crippen molar-refractivity contribution >= 4 is 29.7 Å². The van der Waals surface area contributed by atoms with E-state index >= 15 is 0 Å². The van der Waals surface area contributed by atoms with Crippen LogP contribution in [0.25, 0.3) is 12.2 Å². The highest BCUT2D eigenvalue weighted by Crippen LogP contribution is 2.36. The average Bonchev–Trinajstić information content (AvgIpc) is 2.78. The summed E-state index contributed by atoms with van der Waals surface area (Å²) < 4.78 is 43.5. The largest absolute Gasteiger partial charge is 0.508 e. The van der Waals surface area contributed by atoms with Crippen molar-refractivity contribution < 1.29 is 42.5 Å². The molecule has 0 radical (unpaired) electrons. The van der Waals surface area contributed by atoms with Crippen LogP contribution < -0.4 is 0 Å². The standard InChI is InChI=1S/C25H23F3O6/c1-15-13-16(3-8-20(15)29)4-9-21(30)18(7-12-24(33)34-2)22(31)10-5-17-6-11-23(32)19(14-17)25(26,27)28/h3-6,8-11,13-14,18,29,32H,7,12H2,1-2H3/b9-4+,10-5+. The Morgan fingerprint density at radius 2 is 1.47 bits per heavy atom. The minimum atomic E-state index is -4.78. The second kappa shape index (κ2) is 11.3. The normalized spacial score (nSPS) is 12.7. The maximum absolute atomic E-state index is 13.0. The first kappa shape index (κ1) is 26.4. The molecule has 0 fully saturated rings. The van der Waals surface area contributed by atoms with Crippen molar-refractivity contribution in [2.75, 3.05) is 7.11 Å². The number of benzene rings is 2. The highest BCUT2D eigenvalue weighted by Gasteiger charge is 2.34. The molecule has 2 aromatic rings. The third kappa shape index (κ3) is 7.33. The zero-order valence-corrected chi connectivity index (χ0v) is 18.4. The van der Waals surface area contributed by atoms with E-state index in [1.54, 1.807) is 19.1 Å². The molecule has 6 nitrogen and oxygen atoms in total. The number of carbonyl (C=O) groups excluding carboxylic acids is 3. The fourth-order valence-corrected chi connectivity index (χ4v) is 3.04. The molecule has 0 bridgehead atoms. The first-order chi connectivity index (χ1) is 15.9. The molecule has 0 saturated heterocycles. The Bertz CT molecular complexity index is 1130. The van der Waals surface area contributed by atoms with Crippen LogP contribution in [-0.4, -0.2) is 34.9 Å². The lowest BCUT2D eigenvalue weighted by Gasteiger charge is -2.11. The van der Waals surface area contributed by atoms with E-state index in [4.69, 9.17) is 0 Å². The van der Waals surface area contributed by atoms with E-state index in [0.29, 0.717) is 17.2 Å². The third-order valence-corrected chi connectivity index (χ3v) is 4.98. The first-order valence-electron chi connectivity index (χ1n) is 10.1. The minimum Gasteiger partial charge on any atom is -0.508 e. The number of aromatic hydroxyl groups is 2. The van der Waals surface area contributed by atoms with Crippen molar-refractivity contribution in [3.8, 4) is 11.5 Å². The number of carbonyl (C=O) groups is 3. The van der Waals surface area contributed by atoms with Crippen molar-refractivity contribution in [1.29, 1.82) is 0 Å². The predicted molar refractivity (Wildman–Crippen MR) is 119 cm³/mol. The molecule has 0 spiro atoms. The minimum absolute atomic E-state index is 0.00671. The maximum Gasteiger partial charge on any atom is 0.419 e. The molecule has 0 aromatic heterocycles. The number of esters is 1. The number of methoxy groups -OCH3 is 1. The molecule has 0 aliphatic carbocycles. The van der Waals surface area contributed by atoms with E-state index < -0.39 is 40.9 Å². The van der Waals surface area contributed by atoms with Gasteiger partial charge in [0.05, 0.1) is 18.6 Å². The molecular weight excluding hydrogens is 453 g/mol. The van der Waals surface area contributed by atoms with E-state index in [0.717, 1.165) is 25.3 Å². The molecule has 1 atom stereocenters. The Labute approximate surface area is 194 Å². The Morgan fingerprint density at radius 3 is 1.97 bits per heavy atom. The van der Waals surface area contributed by atoms with Gasteiger partial charge < -0.3 is 14.9 Å². The van der Waals surface area contributed by atoms with E-state index in [1.165, 1.54) is 24.3 Å². The van der Waals surface area contributed by atoms with Crippen LogP contribution in [0.15, 0.2) is 48.6 Å². The maximum atomic E-state index is 13.0. The number of rotatable bonds is 9. The molecule has 180 valence electrons. The molecule has 2 N–H and O–H groups in total. The summed E-state index contributed by atoms with van der Waals surface area (Å²) in [5, 5.41) is 19.0. The van der Waals surface area contributed by atoms with Gasteiger partial charge >= 0.3 is 12.1 Å². The van der Waals surface area contributed by atoms with Gasteiger partial charge in [-0.15, -0.1) is 0 Å². The van der Waals surface area contributed by atoms with Gasteiger partial charge in [0.25, 0.3) is 0 Å². The van der Waals surface area contributed by atoms with Crippen molar-refractivity contribution in [1.82, 2.24) is 0 Å². The Morgan fingerprint density at radius 1 is 0.941 bits per heavy atom. The summed E-state index contributed by atoms with van der Waals surface area (Å²) >= 11 is 0. The van der Waals surface area contributed by atoms with Crippen molar-refractivity contribution in [2.45, 2.75) is 25.9 Å². The fourth-order valence-electron chi connectivity index (χ4n) is 3.04. The van der Waals surface area contributed by atoms with Gasteiger partial charge in [0, 0.05) is 6.42 Å². The second-order valence-corrected chi connectivity index (χ2v) is 7.46. The van der Waals surface area contributed by atoms with E-state index in [1.807, 2.05) is 0 Å². The zero-order chi connectivity index (χ0) is 25.5. The highest BCUT2D eigenvalue weighted by atomic mass is 19.4. The van der Waals surface area contributed by atoms with E-state index in [2.05, 4.69) is 4.74 Å². The van der Waals surface area contributed by atoms with Gasteiger partial charge in [0.15, 0.2) is 11.6 Å². The van der Waals surface area contributed by atoms with Gasteiger partial charge in [-0.25, -0.2) is 0 Å². The molecule has 2 rings (SSSR count). The lowest BCUT2D eigenvalue weighted by Crippen LogP contribution is -2.22. The molecule has 0 aliphatic rings. The summed E-state index contributed by atoms with van der Waals surface area (Å²) in [5.74, 6) is -4.06. The van der Waals surface area contributed by atoms with Gasteiger partial charge in [0.2, 0.25) is 0 Å². The van der Waals surface area contributed by atoms with Crippen LogP contribution in [0.2, 0.25) is 0 Å². The summed E-state index contributed by atoms with van der Waals surface area (Å²) in [6.45, 7) is 1.68. The number of phenols is 2. The van der Waals surface area contributed by atoms with Crippen LogP contribution in [0, 0.1) is 12.8 Å². The molecule has 0 amide bonds. The molecule has 0 aliphatic heterocycles. The van der Waals surface area contributed by atoms with Crippen LogP contribution >= 0.6 is 0 Å². The fraction of sp³-hybridized carbons (Fsp3) is 0.240. The molecule has 0 saturated carbocycles. The number of phenolic OH excluding ortho intramolecular Hbond substituents is 2. The smallest absolute Gasteiger partial charge is 0.419 e. The molecule has 0 heterocycles. The quantitative estimate of drug-likeness (QED) is 0.305. The van der Waals surface area contributed by atoms with Crippen molar-refractivity contribution in [3.05, 3.63) is 70.8 Å². The summed E-state index contributed by atoms with van der Waals surface area (Å²) in [4.78, 5) is 37.0. The SMILES string of the molecule is COC(=O)CCC(C(=O)/C=C/c1ccc(O)c(C)c1)C(=O)/C=C/c1ccc(O)c(C(F)(F)F)c1. The van der Waals surface area contributed by atoms with Crippen LogP contribution in [-0.2, 0) is 25.3 Å². The Hall–Kier alpha value is -3.88. The van der Waals surface area contributed by atoms with Gasteiger partial charge in [0.1, 0.15) is 11.5 Å². The number of aryl methyl sites for hydroxylation is 1. The first-order valence-corrected chi connectivity index (χ1v) is 10.1. The number of halogens is 3. The van der Waals surface area contributed by atoms with Gasteiger partial charge in [-0.05, 0) is 66.5 Å². The summed E-state index contributed by atoms with van der Waals surface area (Å²) in [6, 6.07) is 7.38. The van der Waals surface area contributed by atoms with Crippen molar-refractivity contribution in [2.24, 2.45) is 5.92 Å². The number of ether oxygens (including phenoxy) is 1. The van der Waals surface area contributed by atoms with E-state index in [-0.39, 0.29) is 24.2 Å². The van der Waals surface area contributed by atoms with Gasteiger partial charge in [-0.1, -0.05) is 24.3 Å². The summed E-state index contributed by atoms with van der Waals surface area (Å²) in [7, 11) is 1.16. The number of alkyl halides is 3. The van der Waals surface area contributed by atoms with Crippen LogP contribution in [0.5, 0.6) is 11.5 Å². The molecule has 1 unspecified atom stereocenters. The molecular formula is C25H23F3O6. The van der Waals surface area contributed by atoms with Gasteiger partial charge in [-0.2, -0.15) is 13.2 Å². The Kier molecular flexibility index (Phi) is 8.77. The number of hydrogen-bond donors (Lipinski definition) is 2. The van der Waals surface area contributed by atoms with Crippen LogP contribution in [0.4, 0.5) is 13.2 Å². The molecule has 9 heteroatoms. The zero-order valence-electron chi connectivity index (χ0n) is 18.4. The van der Waals surface area contributed by atoms with E-state index in [9.17, 15) is 37.8 Å². The highest BCUT2D eigenvalue weighted by molar-refractivity contribution is 6.13. The predicted octanol–water partition coefficient (Wildman–Crippen LogP) is 4.86. The number of allylic oxidation sites excluding steroid dienone is 2. The van der Waals surface area contributed by atoms with Crippen molar-refractivity contribution in [3.63, 3.8) is 0 Å². The average molecular weight is 476 g/mol. The van der Waals surface area contributed by atoms with Crippen LogP contribution in [0.3, 0.4) is 0 Å². The summed E-state index contributed by atoms with van der Waals surface area (Å²) in [5.41, 5.74) is -0.0783. The Balaban J connectivity index is 2.25. The van der Waals surface area contributed by atoms with Gasteiger partial charge in [-0.3, -0.25) is 14.4 Å². The third-order valence-electron chi connectivity index (χ3n) is 4.98. The van der Waals surface area contributed by atoms with Crippen LogP contribution in [0.1, 0.15) is 35.1 Å². The number of hydrogen-bond acceptors (Lipinski definition) is 6. The lowest BCUT2D eigenvalue weighted by atomic mass is 9.92. The summed E-state index contributed by atoms with van der Waals surface area (Å²) in [6.07, 6.45) is -0.469. The number of ketones is 2. The molecule has 34 heavy (non-hydrogen) atoms. The lowest BCUT2D eigenvalue weighted by molar-refractivity contribution is -0.141. The monoisotopic (exact) mass is 476 g/mol. The topological polar surface area (TPSA) is 101 Å².